The van der Waals surface area contributed by atoms with E-state index in [1.54, 1.807) is 30.3 Å². The summed E-state index contributed by atoms with van der Waals surface area (Å²) in [5.74, 6) is -0.501. The SMILES string of the molecule is O=C(NC1CCCC1)c1nn2c(c1Cl)NC(c1ccccc1)CC2C(F)(F)F. The van der Waals surface area contributed by atoms with Gasteiger partial charge >= 0.3 is 6.18 Å². The molecule has 1 fully saturated rings. The number of carbonyl (C=O) groups is 1. The molecule has 1 aliphatic carbocycles. The molecule has 1 aromatic heterocycles. The van der Waals surface area contributed by atoms with Gasteiger partial charge in [0.05, 0.1) is 6.04 Å². The fourth-order valence-corrected chi connectivity index (χ4v) is 4.23. The Kier molecular flexibility index (Phi) is 4.99. The van der Waals surface area contributed by atoms with Gasteiger partial charge in [-0.2, -0.15) is 18.3 Å². The van der Waals surface area contributed by atoms with E-state index in [4.69, 9.17) is 11.6 Å². The van der Waals surface area contributed by atoms with Gasteiger partial charge in [0.15, 0.2) is 11.7 Å². The predicted octanol–water partition coefficient (Wildman–Crippen LogP) is 4.87. The summed E-state index contributed by atoms with van der Waals surface area (Å²) in [4.78, 5) is 12.6. The highest BCUT2D eigenvalue weighted by atomic mass is 35.5. The topological polar surface area (TPSA) is 59.0 Å². The van der Waals surface area contributed by atoms with Crippen LogP contribution >= 0.6 is 11.6 Å². The minimum atomic E-state index is -4.52. The van der Waals surface area contributed by atoms with Gasteiger partial charge in [-0.15, -0.1) is 0 Å². The van der Waals surface area contributed by atoms with Crippen LogP contribution in [0.2, 0.25) is 5.02 Å². The Bertz CT molecular complexity index is 862. The summed E-state index contributed by atoms with van der Waals surface area (Å²) in [5.41, 5.74) is 0.552. The summed E-state index contributed by atoms with van der Waals surface area (Å²) in [5, 5.41) is 9.75. The average molecular weight is 413 g/mol. The molecule has 0 bridgehead atoms. The van der Waals surface area contributed by atoms with Crippen molar-refractivity contribution in [2.75, 3.05) is 5.32 Å². The van der Waals surface area contributed by atoms with Crippen LogP contribution in [-0.2, 0) is 0 Å². The van der Waals surface area contributed by atoms with Gasteiger partial charge in [0.1, 0.15) is 10.8 Å². The quantitative estimate of drug-likeness (QED) is 0.756. The van der Waals surface area contributed by atoms with Gasteiger partial charge in [0.2, 0.25) is 0 Å². The van der Waals surface area contributed by atoms with Crippen LogP contribution in [0.25, 0.3) is 0 Å². The van der Waals surface area contributed by atoms with E-state index in [9.17, 15) is 18.0 Å². The Morgan fingerprint density at radius 3 is 2.54 bits per heavy atom. The highest BCUT2D eigenvalue weighted by molar-refractivity contribution is 6.36. The number of aromatic nitrogens is 2. The number of hydrogen-bond acceptors (Lipinski definition) is 3. The largest absolute Gasteiger partial charge is 0.410 e. The highest BCUT2D eigenvalue weighted by Gasteiger charge is 2.47. The molecule has 0 spiro atoms. The lowest BCUT2D eigenvalue weighted by molar-refractivity contribution is -0.173. The number of anilines is 1. The molecule has 28 heavy (non-hydrogen) atoms. The average Bonchev–Trinajstić information content (AvgIpc) is 3.29. The highest BCUT2D eigenvalue weighted by Crippen LogP contribution is 2.46. The molecule has 5 nitrogen and oxygen atoms in total. The van der Waals surface area contributed by atoms with Crippen LogP contribution in [0.15, 0.2) is 30.3 Å². The van der Waals surface area contributed by atoms with E-state index in [0.29, 0.717) is 0 Å². The number of halogens is 4. The van der Waals surface area contributed by atoms with Crippen molar-refractivity contribution in [3.63, 3.8) is 0 Å². The second-order valence-electron chi connectivity index (χ2n) is 7.31. The smallest absolute Gasteiger partial charge is 0.362 e. The molecule has 2 atom stereocenters. The van der Waals surface area contributed by atoms with Crippen LogP contribution in [-0.4, -0.2) is 27.9 Å². The van der Waals surface area contributed by atoms with Crippen LogP contribution in [0.3, 0.4) is 0 Å². The van der Waals surface area contributed by atoms with E-state index in [0.717, 1.165) is 35.9 Å². The number of rotatable bonds is 3. The fraction of sp³-hybridized carbons (Fsp3) is 0.474. The monoisotopic (exact) mass is 412 g/mol. The van der Waals surface area contributed by atoms with Crippen molar-refractivity contribution in [3.05, 3.63) is 46.6 Å². The molecule has 150 valence electrons. The van der Waals surface area contributed by atoms with E-state index < -0.39 is 24.2 Å². The first-order valence-electron chi connectivity index (χ1n) is 9.31. The summed E-state index contributed by atoms with van der Waals surface area (Å²) in [6.45, 7) is 0. The van der Waals surface area contributed by atoms with E-state index in [2.05, 4.69) is 15.7 Å². The van der Waals surface area contributed by atoms with Gasteiger partial charge in [-0.1, -0.05) is 54.8 Å². The van der Waals surface area contributed by atoms with Crippen molar-refractivity contribution in [2.45, 2.75) is 56.4 Å². The second kappa shape index (κ2) is 7.31. The predicted molar refractivity (Wildman–Crippen MR) is 99.5 cm³/mol. The molecular weight excluding hydrogens is 393 g/mol. The molecule has 1 amide bonds. The molecular formula is C19H20ClF3N4O. The Balaban J connectivity index is 1.68. The lowest BCUT2D eigenvalue weighted by atomic mass is 9.97. The van der Waals surface area contributed by atoms with Crippen molar-refractivity contribution >= 4 is 23.3 Å². The molecule has 2 aliphatic rings. The fourth-order valence-electron chi connectivity index (χ4n) is 3.96. The third-order valence-electron chi connectivity index (χ3n) is 5.40. The summed E-state index contributed by atoms with van der Waals surface area (Å²) >= 11 is 6.32. The Hall–Kier alpha value is -2.22. The number of fused-ring (bicyclic) bond motifs is 1. The Labute approximate surface area is 165 Å². The van der Waals surface area contributed by atoms with Gasteiger partial charge < -0.3 is 10.6 Å². The van der Waals surface area contributed by atoms with Crippen molar-refractivity contribution in [2.24, 2.45) is 0 Å². The van der Waals surface area contributed by atoms with Crippen molar-refractivity contribution in [1.29, 1.82) is 0 Å². The van der Waals surface area contributed by atoms with Gasteiger partial charge in [-0.25, -0.2) is 4.68 Å². The molecule has 2 heterocycles. The van der Waals surface area contributed by atoms with E-state index in [1.807, 2.05) is 0 Å². The normalized spacial score (nSPS) is 22.6. The lowest BCUT2D eigenvalue weighted by Crippen LogP contribution is -2.36. The molecule has 2 N–H and O–H groups in total. The van der Waals surface area contributed by atoms with Crippen molar-refractivity contribution < 1.29 is 18.0 Å². The molecule has 0 saturated heterocycles. The lowest BCUT2D eigenvalue weighted by Gasteiger charge is -2.33. The van der Waals surface area contributed by atoms with Crippen LogP contribution in [0.1, 0.15) is 60.2 Å². The van der Waals surface area contributed by atoms with Gasteiger partial charge in [-0.05, 0) is 18.4 Å². The van der Waals surface area contributed by atoms with Crippen molar-refractivity contribution in [3.8, 4) is 0 Å². The zero-order chi connectivity index (χ0) is 19.9. The minimum absolute atomic E-state index is 0.0192. The summed E-state index contributed by atoms with van der Waals surface area (Å²) < 4.78 is 42.1. The molecule has 1 aliphatic heterocycles. The molecule has 9 heteroatoms. The van der Waals surface area contributed by atoms with Crippen LogP contribution in [0.4, 0.5) is 19.0 Å². The van der Waals surface area contributed by atoms with Gasteiger partial charge in [-0.3, -0.25) is 4.79 Å². The number of alkyl halides is 3. The number of nitrogens with zero attached hydrogens (tertiary/aromatic N) is 2. The first kappa shape index (κ1) is 19.1. The number of amides is 1. The third kappa shape index (κ3) is 3.57. The van der Waals surface area contributed by atoms with E-state index >= 15 is 0 Å². The maximum atomic E-state index is 13.7. The maximum absolute atomic E-state index is 13.7. The molecule has 2 aromatic rings. The number of hydrogen-bond donors (Lipinski definition) is 2. The van der Waals surface area contributed by atoms with Crippen LogP contribution < -0.4 is 10.6 Å². The second-order valence-corrected chi connectivity index (χ2v) is 7.69. The first-order valence-corrected chi connectivity index (χ1v) is 9.69. The molecule has 4 rings (SSSR count). The summed E-state index contributed by atoms with van der Waals surface area (Å²) in [6, 6.07) is 6.44. The standard InChI is InChI=1S/C19H20ClF3N4O/c20-15-16(18(28)24-12-8-4-5-9-12)26-27-14(19(21,22)23)10-13(25-17(15)27)11-6-2-1-3-7-11/h1-3,6-7,12-14,25H,4-5,8-10H2,(H,24,28). The Morgan fingerprint density at radius 2 is 1.89 bits per heavy atom. The van der Waals surface area contributed by atoms with Gasteiger partial charge in [0, 0.05) is 12.5 Å². The van der Waals surface area contributed by atoms with Crippen LogP contribution in [0.5, 0.6) is 0 Å². The number of carbonyl (C=O) groups excluding carboxylic acids is 1. The van der Waals surface area contributed by atoms with E-state index in [-0.39, 0.29) is 29.0 Å². The zero-order valence-electron chi connectivity index (χ0n) is 15.0. The number of benzene rings is 1. The summed E-state index contributed by atoms with van der Waals surface area (Å²) in [6.07, 6.45) is -0.989. The number of nitrogens with one attached hydrogen (secondary N) is 2. The van der Waals surface area contributed by atoms with Crippen LogP contribution in [0, 0.1) is 0 Å². The molecule has 1 saturated carbocycles. The molecule has 1 aromatic carbocycles. The van der Waals surface area contributed by atoms with Crippen molar-refractivity contribution in [1.82, 2.24) is 15.1 Å². The van der Waals surface area contributed by atoms with Gasteiger partial charge in [0.25, 0.3) is 5.91 Å². The third-order valence-corrected chi connectivity index (χ3v) is 5.76. The zero-order valence-corrected chi connectivity index (χ0v) is 15.7. The minimum Gasteiger partial charge on any atom is -0.362 e. The first-order chi connectivity index (χ1) is 13.3. The van der Waals surface area contributed by atoms with E-state index in [1.165, 1.54) is 0 Å². The Morgan fingerprint density at radius 1 is 1.21 bits per heavy atom. The molecule has 0 radical (unpaired) electrons. The maximum Gasteiger partial charge on any atom is 0.410 e. The summed E-state index contributed by atoms with van der Waals surface area (Å²) in [7, 11) is 0. The molecule has 2 unspecified atom stereocenters.